The number of hydrogen-bond donors (Lipinski definition) is 1. The van der Waals surface area contributed by atoms with Crippen molar-refractivity contribution < 1.29 is 9.53 Å². The van der Waals surface area contributed by atoms with E-state index in [0.717, 1.165) is 22.7 Å². The highest BCUT2D eigenvalue weighted by atomic mass is 35.5. The van der Waals surface area contributed by atoms with Crippen molar-refractivity contribution in [2.24, 2.45) is 5.10 Å². The van der Waals surface area contributed by atoms with Crippen LogP contribution in [0.4, 0.5) is 5.95 Å². The number of cyclic esters (lactones) is 1. The minimum absolute atomic E-state index is 0.0796. The highest BCUT2D eigenvalue weighted by Crippen LogP contribution is 2.44. The van der Waals surface area contributed by atoms with Gasteiger partial charge in [-0.3, -0.25) is 0 Å². The second-order valence-corrected chi connectivity index (χ2v) is 8.80. The Kier molecular flexibility index (Phi) is 8.19. The van der Waals surface area contributed by atoms with Gasteiger partial charge in [-0.2, -0.15) is 5.10 Å². The average Bonchev–Trinajstić information content (AvgIpc) is 3.16. The minimum atomic E-state index is -0.523. The Morgan fingerprint density at radius 3 is 2.21 bits per heavy atom. The molecule has 1 aliphatic heterocycles. The Balaban J connectivity index is 0.000000194. The molecule has 2 aromatic carbocycles. The van der Waals surface area contributed by atoms with E-state index in [1.807, 2.05) is 39.0 Å². The lowest BCUT2D eigenvalue weighted by Crippen LogP contribution is -2.04. The van der Waals surface area contributed by atoms with Crippen molar-refractivity contribution in [2.75, 3.05) is 5.43 Å². The molecular formula is C23H20Cl4N4O2. The van der Waals surface area contributed by atoms with Gasteiger partial charge in [-0.25, -0.2) is 20.2 Å². The number of nitrogens with zero attached hydrogens (tertiary/aromatic N) is 3. The molecule has 1 N–H and O–H groups in total. The van der Waals surface area contributed by atoms with Gasteiger partial charge in [0.2, 0.25) is 5.95 Å². The van der Waals surface area contributed by atoms with E-state index in [4.69, 9.17) is 51.1 Å². The molecule has 0 radical (unpaired) electrons. The van der Waals surface area contributed by atoms with Crippen LogP contribution in [-0.2, 0) is 11.3 Å². The molecule has 1 aliphatic rings. The number of halogens is 4. The van der Waals surface area contributed by atoms with Crippen LogP contribution in [0, 0.1) is 20.8 Å². The van der Waals surface area contributed by atoms with E-state index in [2.05, 4.69) is 39.6 Å². The van der Waals surface area contributed by atoms with Gasteiger partial charge < -0.3 is 4.74 Å². The second-order valence-electron chi connectivity index (χ2n) is 7.28. The maximum Gasteiger partial charge on any atom is 0.340 e. The monoisotopic (exact) mass is 524 g/mol. The zero-order valence-corrected chi connectivity index (χ0v) is 21.3. The summed E-state index contributed by atoms with van der Waals surface area (Å²) < 4.78 is 4.77. The Labute approximate surface area is 211 Å². The summed E-state index contributed by atoms with van der Waals surface area (Å²) in [6, 6.07) is 10.1. The van der Waals surface area contributed by atoms with Gasteiger partial charge in [0, 0.05) is 22.5 Å². The van der Waals surface area contributed by atoms with Crippen molar-refractivity contribution in [3.8, 4) is 0 Å². The van der Waals surface area contributed by atoms with Crippen molar-refractivity contribution >= 4 is 64.0 Å². The first-order chi connectivity index (χ1) is 15.6. The summed E-state index contributed by atoms with van der Waals surface area (Å²) >= 11 is 23.3. The largest absolute Gasteiger partial charge is 0.457 e. The summed E-state index contributed by atoms with van der Waals surface area (Å²) in [6.45, 7) is 8.01. The maximum absolute atomic E-state index is 11.2. The quantitative estimate of drug-likeness (QED) is 0.128. The van der Waals surface area contributed by atoms with Crippen LogP contribution in [0.25, 0.3) is 0 Å². The number of esters is 1. The zero-order valence-electron chi connectivity index (χ0n) is 18.3. The number of hydrogen-bond acceptors (Lipinski definition) is 6. The molecule has 6 nitrogen and oxygen atoms in total. The number of aryl methyl sites for hydroxylation is 3. The van der Waals surface area contributed by atoms with Crippen molar-refractivity contribution in [2.45, 2.75) is 34.3 Å². The molecule has 0 spiro atoms. The molecule has 0 atom stereocenters. The first kappa shape index (κ1) is 25.2. The van der Waals surface area contributed by atoms with Gasteiger partial charge in [-0.1, -0.05) is 70.7 Å². The molecule has 1 aromatic heterocycles. The number of aromatic nitrogens is 2. The molecule has 0 saturated heterocycles. The molecule has 0 aliphatic carbocycles. The molecular weight excluding hydrogens is 506 g/mol. The van der Waals surface area contributed by atoms with Crippen LogP contribution in [0.2, 0.25) is 20.1 Å². The number of benzene rings is 2. The van der Waals surface area contributed by atoms with Crippen LogP contribution in [0.15, 0.2) is 35.4 Å². The lowest BCUT2D eigenvalue weighted by Gasteiger charge is -2.06. The Morgan fingerprint density at radius 1 is 0.970 bits per heavy atom. The molecule has 2 heterocycles. The predicted octanol–water partition coefficient (Wildman–Crippen LogP) is 7.21. The van der Waals surface area contributed by atoms with Crippen molar-refractivity contribution in [1.82, 2.24) is 9.97 Å². The van der Waals surface area contributed by atoms with Crippen LogP contribution in [0.1, 0.15) is 45.4 Å². The van der Waals surface area contributed by atoms with Gasteiger partial charge in [0.15, 0.2) is 0 Å². The third kappa shape index (κ3) is 5.76. The summed E-state index contributed by atoms with van der Waals surface area (Å²) in [5, 5.41) is 4.90. The van der Waals surface area contributed by atoms with Gasteiger partial charge in [0.05, 0.1) is 31.4 Å². The molecule has 0 bridgehead atoms. The van der Waals surface area contributed by atoms with Gasteiger partial charge in [0.1, 0.15) is 6.61 Å². The van der Waals surface area contributed by atoms with Gasteiger partial charge in [-0.15, -0.1) is 0 Å². The van der Waals surface area contributed by atoms with E-state index >= 15 is 0 Å². The van der Waals surface area contributed by atoms with E-state index in [-0.39, 0.29) is 32.3 Å². The van der Waals surface area contributed by atoms with E-state index in [9.17, 15) is 4.79 Å². The number of carbonyl (C=O) groups excluding carboxylic acids is 1. The van der Waals surface area contributed by atoms with Crippen LogP contribution in [0.5, 0.6) is 0 Å². The topological polar surface area (TPSA) is 76.5 Å². The SMILES string of the molecule is CC(=NNc1nc(C)cc(C)n1)c1ccccc1C.O=C1OCc2c(Cl)c(Cl)c(Cl)c(Cl)c21. The minimum Gasteiger partial charge on any atom is -0.457 e. The van der Waals surface area contributed by atoms with Crippen LogP contribution in [-0.4, -0.2) is 21.6 Å². The summed E-state index contributed by atoms with van der Waals surface area (Å²) in [5.74, 6) is 0.0101. The fourth-order valence-electron chi connectivity index (χ4n) is 3.18. The Hall–Kier alpha value is -2.38. The molecule has 0 amide bonds. The molecule has 3 aromatic rings. The smallest absolute Gasteiger partial charge is 0.340 e. The fourth-order valence-corrected chi connectivity index (χ4v) is 4.21. The lowest BCUT2D eigenvalue weighted by atomic mass is 10.1. The summed E-state index contributed by atoms with van der Waals surface area (Å²) in [6.07, 6.45) is 0. The molecule has 0 unspecified atom stereocenters. The zero-order chi connectivity index (χ0) is 24.3. The van der Waals surface area contributed by atoms with E-state index in [1.165, 1.54) is 5.56 Å². The Bertz CT molecular complexity index is 1240. The molecule has 0 fully saturated rings. The van der Waals surface area contributed by atoms with E-state index in [1.54, 1.807) is 0 Å². The third-order valence-corrected chi connectivity index (χ3v) is 6.60. The normalized spacial score (nSPS) is 12.6. The molecule has 0 saturated carbocycles. The van der Waals surface area contributed by atoms with Crippen molar-refractivity contribution in [3.05, 3.63) is 84.1 Å². The average molecular weight is 526 g/mol. The van der Waals surface area contributed by atoms with E-state index < -0.39 is 5.97 Å². The third-order valence-electron chi connectivity index (χ3n) is 4.76. The Morgan fingerprint density at radius 2 is 1.58 bits per heavy atom. The highest BCUT2D eigenvalue weighted by Gasteiger charge is 2.30. The van der Waals surface area contributed by atoms with Gasteiger partial charge in [0.25, 0.3) is 0 Å². The second kappa shape index (κ2) is 10.7. The molecule has 33 heavy (non-hydrogen) atoms. The summed E-state index contributed by atoms with van der Waals surface area (Å²) in [4.78, 5) is 19.8. The molecule has 172 valence electrons. The number of fused-ring (bicyclic) bond motifs is 1. The number of nitrogens with one attached hydrogen (secondary N) is 1. The number of carbonyl (C=O) groups is 1. The summed E-state index contributed by atoms with van der Waals surface area (Å²) in [7, 11) is 0. The number of hydrazone groups is 1. The number of ether oxygens (including phenoxy) is 1. The van der Waals surface area contributed by atoms with E-state index in [0.29, 0.717) is 11.5 Å². The lowest BCUT2D eigenvalue weighted by molar-refractivity contribution is 0.0535. The van der Waals surface area contributed by atoms with Gasteiger partial charge >= 0.3 is 5.97 Å². The number of anilines is 1. The first-order valence-electron chi connectivity index (χ1n) is 9.80. The van der Waals surface area contributed by atoms with Crippen molar-refractivity contribution in [3.63, 3.8) is 0 Å². The maximum atomic E-state index is 11.2. The standard InChI is InChI=1S/C15H18N4.C8H2Cl4O2/c1-10-7-5-6-8-14(10)13(4)18-19-15-16-11(2)9-12(3)17-15;9-4-2-1-14-8(13)3(2)5(10)7(12)6(4)11/h5-9H,1-4H3,(H,16,17,19);1H2. The number of rotatable bonds is 3. The first-order valence-corrected chi connectivity index (χ1v) is 11.3. The van der Waals surface area contributed by atoms with Crippen LogP contribution >= 0.6 is 46.4 Å². The predicted molar refractivity (Wildman–Crippen MR) is 134 cm³/mol. The van der Waals surface area contributed by atoms with Crippen LogP contribution < -0.4 is 5.43 Å². The highest BCUT2D eigenvalue weighted by molar-refractivity contribution is 6.53. The fraction of sp³-hybridized carbons (Fsp3) is 0.217. The van der Waals surface area contributed by atoms with Crippen LogP contribution in [0.3, 0.4) is 0 Å². The van der Waals surface area contributed by atoms with Gasteiger partial charge in [-0.05, 0) is 39.3 Å². The van der Waals surface area contributed by atoms with Crippen molar-refractivity contribution in [1.29, 1.82) is 0 Å². The summed E-state index contributed by atoms with van der Waals surface area (Å²) in [5.41, 5.74) is 8.73. The molecule has 10 heteroatoms. The molecule has 4 rings (SSSR count).